The zero-order valence-corrected chi connectivity index (χ0v) is 7.68. The quantitative estimate of drug-likeness (QED) is 0.802. The van der Waals surface area contributed by atoms with Crippen LogP contribution in [0.25, 0.3) is 6.08 Å². The summed E-state index contributed by atoms with van der Waals surface area (Å²) in [6, 6.07) is 0. The molecule has 4 heteroatoms. The molecule has 1 heterocycles. The van der Waals surface area contributed by atoms with E-state index in [0.717, 1.165) is 0 Å². The highest BCUT2D eigenvalue weighted by atomic mass is 35.5. The monoisotopic (exact) mass is 203 g/mol. The Morgan fingerprint density at radius 1 is 1.33 bits per heavy atom. The molecule has 0 aliphatic carbocycles. The molecule has 0 radical (unpaired) electrons. The van der Waals surface area contributed by atoms with Crippen molar-refractivity contribution in [2.45, 2.75) is 0 Å². The van der Waals surface area contributed by atoms with E-state index in [4.69, 9.17) is 28.3 Å². The molecule has 0 aliphatic rings. The van der Waals surface area contributed by atoms with Gasteiger partial charge in [0.15, 0.2) is 0 Å². The molecule has 0 fully saturated rings. The molecule has 2 nitrogen and oxygen atoms in total. The van der Waals surface area contributed by atoms with Crippen molar-refractivity contribution in [1.82, 2.24) is 4.98 Å². The number of aromatic nitrogens is 1. The van der Waals surface area contributed by atoms with Crippen LogP contribution in [0.1, 0.15) is 5.56 Å². The van der Waals surface area contributed by atoms with Crippen LogP contribution in [0.15, 0.2) is 18.5 Å². The van der Waals surface area contributed by atoms with E-state index in [9.17, 15) is 0 Å². The Morgan fingerprint density at radius 2 is 1.92 bits per heavy atom. The number of hydrogen-bond acceptors (Lipinski definition) is 2. The third-order valence-corrected chi connectivity index (χ3v) is 1.88. The maximum absolute atomic E-state index is 8.52. The summed E-state index contributed by atoms with van der Waals surface area (Å²) in [5, 5.41) is 9.48. The molecule has 0 amide bonds. The van der Waals surface area contributed by atoms with Crippen molar-refractivity contribution in [2.75, 3.05) is 6.61 Å². The first-order chi connectivity index (χ1) is 5.75. The number of nitrogens with zero attached hydrogens (tertiary/aromatic N) is 1. The minimum Gasteiger partial charge on any atom is -0.392 e. The molecule has 12 heavy (non-hydrogen) atoms. The van der Waals surface area contributed by atoms with Gasteiger partial charge in [-0.2, -0.15) is 0 Å². The van der Waals surface area contributed by atoms with Gasteiger partial charge in [0, 0.05) is 18.0 Å². The summed E-state index contributed by atoms with van der Waals surface area (Å²) in [6.07, 6.45) is 6.23. The number of aliphatic hydroxyl groups excluding tert-OH is 1. The molecule has 1 aromatic rings. The fourth-order valence-electron chi connectivity index (χ4n) is 0.751. The van der Waals surface area contributed by atoms with Gasteiger partial charge in [0.25, 0.3) is 0 Å². The van der Waals surface area contributed by atoms with Crippen molar-refractivity contribution in [2.24, 2.45) is 0 Å². The van der Waals surface area contributed by atoms with Gasteiger partial charge in [0.2, 0.25) is 0 Å². The summed E-state index contributed by atoms with van der Waals surface area (Å²) in [6.45, 7) is -0.0328. The fourth-order valence-corrected chi connectivity index (χ4v) is 1.24. The first kappa shape index (κ1) is 9.52. The molecular weight excluding hydrogens is 197 g/mol. The number of pyridine rings is 1. The van der Waals surface area contributed by atoms with Gasteiger partial charge in [-0.25, -0.2) is 0 Å². The lowest BCUT2D eigenvalue weighted by Gasteiger charge is -1.98. The van der Waals surface area contributed by atoms with Gasteiger partial charge < -0.3 is 5.11 Å². The fraction of sp³-hybridized carbons (Fsp3) is 0.125. The Kier molecular flexibility index (Phi) is 3.53. The molecule has 0 aliphatic heterocycles. The molecule has 64 valence electrons. The van der Waals surface area contributed by atoms with E-state index in [2.05, 4.69) is 4.98 Å². The second-order valence-corrected chi connectivity index (χ2v) is 2.92. The standard InChI is InChI=1S/C8H7Cl2NO/c9-7-4-11-5-8(10)6(7)2-1-3-12/h1-2,4-5,12H,3H2/b2-1+. The smallest absolute Gasteiger partial charge is 0.0676 e. The van der Waals surface area contributed by atoms with Crippen molar-refractivity contribution in [3.8, 4) is 0 Å². The van der Waals surface area contributed by atoms with E-state index in [1.54, 1.807) is 12.2 Å². The molecule has 1 aromatic heterocycles. The third-order valence-electron chi connectivity index (χ3n) is 1.28. The van der Waals surface area contributed by atoms with Gasteiger partial charge in [0.05, 0.1) is 16.7 Å². The molecule has 0 bridgehead atoms. The molecule has 0 saturated carbocycles. The normalized spacial score (nSPS) is 10.9. The second kappa shape index (κ2) is 4.45. The van der Waals surface area contributed by atoms with Crippen LogP contribution in [0, 0.1) is 0 Å². The molecule has 1 rings (SSSR count). The van der Waals surface area contributed by atoms with Crippen LogP contribution < -0.4 is 0 Å². The van der Waals surface area contributed by atoms with Crippen LogP contribution in [0.4, 0.5) is 0 Å². The molecule has 0 unspecified atom stereocenters. The van der Waals surface area contributed by atoms with Gasteiger partial charge in [-0.05, 0) is 0 Å². The average molecular weight is 204 g/mol. The largest absolute Gasteiger partial charge is 0.392 e. The molecular formula is C8H7Cl2NO. The summed E-state index contributed by atoms with van der Waals surface area (Å²) in [7, 11) is 0. The lowest BCUT2D eigenvalue weighted by molar-refractivity contribution is 0.343. The Hall–Kier alpha value is -0.570. The molecule has 1 N–H and O–H groups in total. The van der Waals surface area contributed by atoms with Crippen LogP contribution in [-0.4, -0.2) is 16.7 Å². The van der Waals surface area contributed by atoms with Gasteiger partial charge in [0.1, 0.15) is 0 Å². The summed E-state index contributed by atoms with van der Waals surface area (Å²) in [4.78, 5) is 3.79. The van der Waals surface area contributed by atoms with Crippen LogP contribution in [-0.2, 0) is 0 Å². The maximum atomic E-state index is 8.52. The van der Waals surface area contributed by atoms with Crippen LogP contribution in [0.3, 0.4) is 0 Å². The van der Waals surface area contributed by atoms with E-state index in [-0.39, 0.29) is 6.61 Å². The molecule has 0 atom stereocenters. The maximum Gasteiger partial charge on any atom is 0.0676 e. The van der Waals surface area contributed by atoms with Gasteiger partial charge in [-0.3, -0.25) is 4.98 Å². The SMILES string of the molecule is OC/C=C/c1c(Cl)cncc1Cl. The van der Waals surface area contributed by atoms with E-state index in [1.807, 2.05) is 0 Å². The Labute approximate surface area is 80.5 Å². The topological polar surface area (TPSA) is 33.1 Å². The van der Waals surface area contributed by atoms with Gasteiger partial charge in [-0.15, -0.1) is 0 Å². The number of rotatable bonds is 2. The zero-order valence-electron chi connectivity index (χ0n) is 6.17. The summed E-state index contributed by atoms with van der Waals surface area (Å²) in [5.74, 6) is 0. The average Bonchev–Trinajstić information content (AvgIpc) is 2.04. The minimum absolute atomic E-state index is 0.0328. The van der Waals surface area contributed by atoms with Crippen molar-refractivity contribution < 1.29 is 5.11 Å². The van der Waals surface area contributed by atoms with Gasteiger partial charge in [-0.1, -0.05) is 35.4 Å². The minimum atomic E-state index is -0.0328. The van der Waals surface area contributed by atoms with Crippen molar-refractivity contribution in [3.05, 3.63) is 34.1 Å². The number of hydrogen-bond donors (Lipinski definition) is 1. The number of halogens is 2. The first-order valence-corrected chi connectivity index (χ1v) is 4.07. The molecule has 0 spiro atoms. The predicted octanol–water partition coefficient (Wildman–Crippen LogP) is 2.39. The van der Waals surface area contributed by atoms with Gasteiger partial charge >= 0.3 is 0 Å². The van der Waals surface area contributed by atoms with Crippen molar-refractivity contribution in [3.63, 3.8) is 0 Å². The lowest BCUT2D eigenvalue weighted by atomic mass is 10.2. The Morgan fingerprint density at radius 3 is 2.42 bits per heavy atom. The highest BCUT2D eigenvalue weighted by Crippen LogP contribution is 2.23. The highest BCUT2D eigenvalue weighted by Gasteiger charge is 2.00. The van der Waals surface area contributed by atoms with Crippen molar-refractivity contribution in [1.29, 1.82) is 0 Å². The zero-order chi connectivity index (χ0) is 8.97. The third kappa shape index (κ3) is 2.21. The van der Waals surface area contributed by atoms with Crippen LogP contribution >= 0.6 is 23.2 Å². The van der Waals surface area contributed by atoms with Crippen LogP contribution in [0.2, 0.25) is 10.0 Å². The number of aliphatic hydroxyl groups is 1. The molecule has 0 saturated heterocycles. The van der Waals surface area contributed by atoms with Crippen LogP contribution in [0.5, 0.6) is 0 Å². The predicted molar refractivity (Wildman–Crippen MR) is 50.4 cm³/mol. The highest BCUT2D eigenvalue weighted by molar-refractivity contribution is 6.36. The summed E-state index contributed by atoms with van der Waals surface area (Å²) >= 11 is 11.6. The van der Waals surface area contributed by atoms with E-state index in [1.165, 1.54) is 12.4 Å². The van der Waals surface area contributed by atoms with E-state index in [0.29, 0.717) is 15.6 Å². The summed E-state index contributed by atoms with van der Waals surface area (Å²) < 4.78 is 0. The summed E-state index contributed by atoms with van der Waals surface area (Å²) in [5.41, 5.74) is 0.683. The second-order valence-electron chi connectivity index (χ2n) is 2.10. The Bertz CT molecular complexity index is 279. The molecule has 0 aromatic carbocycles. The Balaban J connectivity index is 3.04. The van der Waals surface area contributed by atoms with Crippen molar-refractivity contribution >= 4 is 29.3 Å². The van der Waals surface area contributed by atoms with E-state index < -0.39 is 0 Å². The lowest BCUT2D eigenvalue weighted by Crippen LogP contribution is -1.81. The van der Waals surface area contributed by atoms with E-state index >= 15 is 0 Å². The first-order valence-electron chi connectivity index (χ1n) is 3.32.